The average Bonchev–Trinajstić information content (AvgIpc) is 2.90. The highest BCUT2D eigenvalue weighted by atomic mass is 16.1. The second-order valence-electron chi connectivity index (χ2n) is 4.13. The van der Waals surface area contributed by atoms with Gasteiger partial charge in [0.2, 0.25) is 0 Å². The zero-order chi connectivity index (χ0) is 13.0. The fourth-order valence-electron chi connectivity index (χ4n) is 1.84. The second-order valence-corrected chi connectivity index (χ2v) is 4.13. The number of aromatic nitrogens is 3. The maximum Gasteiger partial charge on any atom is 0.254 e. The van der Waals surface area contributed by atoms with Crippen molar-refractivity contribution in [1.82, 2.24) is 20.5 Å². The van der Waals surface area contributed by atoms with Gasteiger partial charge in [0.25, 0.3) is 5.91 Å². The van der Waals surface area contributed by atoms with Gasteiger partial charge in [-0.25, -0.2) is 0 Å². The number of H-pyrrole nitrogens is 1. The van der Waals surface area contributed by atoms with E-state index in [4.69, 9.17) is 0 Å². The number of amides is 1. The van der Waals surface area contributed by atoms with Crippen LogP contribution < -0.4 is 5.32 Å². The van der Waals surface area contributed by atoms with Gasteiger partial charge in [0.15, 0.2) is 0 Å². The Bertz CT molecular complexity index is 522. The lowest BCUT2D eigenvalue weighted by atomic mass is 10.1. The number of carbonyl (C=O) groups excluding carboxylic acids is 1. The van der Waals surface area contributed by atoms with Crippen LogP contribution in [0.2, 0.25) is 0 Å². The molecule has 1 amide bonds. The van der Waals surface area contributed by atoms with Crippen LogP contribution >= 0.6 is 0 Å². The van der Waals surface area contributed by atoms with Gasteiger partial charge in [0, 0.05) is 12.4 Å². The van der Waals surface area contributed by atoms with Crippen molar-refractivity contribution < 1.29 is 4.79 Å². The third kappa shape index (κ3) is 2.56. The molecule has 2 heterocycles. The van der Waals surface area contributed by atoms with Gasteiger partial charge in [-0.05, 0) is 25.0 Å². The number of nitrogens with one attached hydrogen (secondary N) is 2. The van der Waals surface area contributed by atoms with Gasteiger partial charge >= 0.3 is 0 Å². The number of carbonyl (C=O) groups is 1. The lowest BCUT2D eigenvalue weighted by Crippen LogP contribution is -2.29. The van der Waals surface area contributed by atoms with Crippen molar-refractivity contribution in [2.75, 3.05) is 0 Å². The van der Waals surface area contributed by atoms with Crippen molar-refractivity contribution in [2.45, 2.75) is 26.3 Å². The Morgan fingerprint density at radius 2 is 2.39 bits per heavy atom. The molecule has 18 heavy (non-hydrogen) atoms. The summed E-state index contributed by atoms with van der Waals surface area (Å²) in [5, 5.41) is 9.36. The molecule has 94 valence electrons. The van der Waals surface area contributed by atoms with E-state index in [1.54, 1.807) is 12.4 Å². The predicted molar refractivity (Wildman–Crippen MR) is 68.1 cm³/mol. The molecule has 0 bridgehead atoms. The zero-order valence-corrected chi connectivity index (χ0v) is 10.5. The smallest absolute Gasteiger partial charge is 0.254 e. The molecule has 0 saturated carbocycles. The molecular weight excluding hydrogens is 228 g/mol. The van der Waals surface area contributed by atoms with Crippen LogP contribution in [0.3, 0.4) is 0 Å². The molecule has 0 radical (unpaired) electrons. The van der Waals surface area contributed by atoms with Crippen LogP contribution in [-0.2, 0) is 0 Å². The molecule has 2 rings (SSSR count). The fourth-order valence-corrected chi connectivity index (χ4v) is 1.84. The number of aromatic amines is 1. The normalized spacial score (nSPS) is 12.1. The highest BCUT2D eigenvalue weighted by Gasteiger charge is 2.17. The second kappa shape index (κ2) is 5.44. The van der Waals surface area contributed by atoms with Gasteiger partial charge in [0.05, 0.1) is 23.5 Å². The molecule has 0 aliphatic carbocycles. The van der Waals surface area contributed by atoms with Crippen molar-refractivity contribution in [3.05, 3.63) is 47.5 Å². The van der Waals surface area contributed by atoms with Crippen LogP contribution in [0.15, 0.2) is 30.7 Å². The number of nitrogens with zero attached hydrogens (tertiary/aromatic N) is 2. The van der Waals surface area contributed by atoms with Gasteiger partial charge in [-0.1, -0.05) is 13.0 Å². The summed E-state index contributed by atoms with van der Waals surface area (Å²) in [5.74, 6) is -0.138. The number of pyridine rings is 1. The summed E-state index contributed by atoms with van der Waals surface area (Å²) in [5.41, 5.74) is 2.52. The van der Waals surface area contributed by atoms with Gasteiger partial charge in [-0.2, -0.15) is 5.10 Å². The van der Waals surface area contributed by atoms with Crippen molar-refractivity contribution in [3.63, 3.8) is 0 Å². The molecule has 0 unspecified atom stereocenters. The van der Waals surface area contributed by atoms with Crippen LogP contribution in [0, 0.1) is 6.92 Å². The third-order valence-electron chi connectivity index (χ3n) is 2.85. The molecule has 2 aromatic rings. The molecule has 5 heteroatoms. The zero-order valence-electron chi connectivity index (χ0n) is 10.5. The van der Waals surface area contributed by atoms with Crippen molar-refractivity contribution in [1.29, 1.82) is 0 Å². The van der Waals surface area contributed by atoms with Crippen LogP contribution in [0.4, 0.5) is 0 Å². The first kappa shape index (κ1) is 12.3. The first-order chi connectivity index (χ1) is 8.72. The molecule has 0 saturated heterocycles. The van der Waals surface area contributed by atoms with Gasteiger partial charge in [0.1, 0.15) is 0 Å². The maximum atomic E-state index is 12.0. The predicted octanol–water partition coefficient (Wildman–Crippen LogP) is 1.99. The van der Waals surface area contributed by atoms with Crippen LogP contribution in [0.25, 0.3) is 0 Å². The Morgan fingerprint density at radius 3 is 3.00 bits per heavy atom. The van der Waals surface area contributed by atoms with Crippen molar-refractivity contribution in [3.8, 4) is 0 Å². The summed E-state index contributed by atoms with van der Waals surface area (Å²) in [7, 11) is 0. The van der Waals surface area contributed by atoms with Gasteiger partial charge in [-0.3, -0.25) is 14.9 Å². The number of hydrogen-bond donors (Lipinski definition) is 2. The monoisotopic (exact) mass is 244 g/mol. The first-order valence-electron chi connectivity index (χ1n) is 5.93. The quantitative estimate of drug-likeness (QED) is 0.864. The Morgan fingerprint density at radius 1 is 1.56 bits per heavy atom. The topological polar surface area (TPSA) is 70.7 Å². The molecule has 0 fully saturated rings. The van der Waals surface area contributed by atoms with E-state index in [-0.39, 0.29) is 11.9 Å². The van der Waals surface area contributed by atoms with Crippen LogP contribution in [-0.4, -0.2) is 21.1 Å². The Labute approximate surface area is 106 Å². The summed E-state index contributed by atoms with van der Waals surface area (Å²) in [6, 6.07) is 3.81. The molecule has 1 atom stereocenters. The molecule has 0 aromatic carbocycles. The minimum Gasteiger partial charge on any atom is -0.344 e. The van der Waals surface area contributed by atoms with E-state index in [2.05, 4.69) is 20.5 Å². The molecule has 2 aromatic heterocycles. The minimum absolute atomic E-state index is 0.0754. The summed E-state index contributed by atoms with van der Waals surface area (Å²) in [4.78, 5) is 16.3. The Kier molecular flexibility index (Phi) is 3.72. The molecule has 5 nitrogen and oxygen atoms in total. The highest BCUT2D eigenvalue weighted by Crippen LogP contribution is 2.18. The molecular formula is C13H16N4O. The third-order valence-corrected chi connectivity index (χ3v) is 2.85. The van der Waals surface area contributed by atoms with E-state index in [1.165, 1.54) is 6.20 Å². The minimum atomic E-state index is -0.138. The highest BCUT2D eigenvalue weighted by molar-refractivity contribution is 5.93. The number of aryl methyl sites for hydroxylation is 1. The lowest BCUT2D eigenvalue weighted by Gasteiger charge is -2.17. The van der Waals surface area contributed by atoms with Crippen LogP contribution in [0.1, 0.15) is 41.0 Å². The van der Waals surface area contributed by atoms with Crippen LogP contribution in [0.5, 0.6) is 0 Å². The summed E-state index contributed by atoms with van der Waals surface area (Å²) >= 11 is 0. The molecule has 0 aliphatic rings. The SMILES string of the molecule is CC[C@@H](NC(=O)c1cn[nH]c1)c1ncccc1C. The maximum absolute atomic E-state index is 12.0. The summed E-state index contributed by atoms with van der Waals surface area (Å²) in [6.07, 6.45) is 5.62. The number of rotatable bonds is 4. The standard InChI is InChI=1S/C13H16N4O/c1-3-11(12-9(2)5-4-6-14-12)17-13(18)10-7-15-16-8-10/h4-8,11H,3H2,1-2H3,(H,15,16)(H,17,18)/t11-/m1/s1. The van der Waals surface area contributed by atoms with Crippen molar-refractivity contribution >= 4 is 5.91 Å². The Balaban J connectivity index is 2.16. The van der Waals surface area contributed by atoms with E-state index in [0.29, 0.717) is 5.56 Å². The van der Waals surface area contributed by atoms with E-state index in [9.17, 15) is 4.79 Å². The summed E-state index contributed by atoms with van der Waals surface area (Å²) < 4.78 is 0. The average molecular weight is 244 g/mol. The lowest BCUT2D eigenvalue weighted by molar-refractivity contribution is 0.0934. The summed E-state index contributed by atoms with van der Waals surface area (Å²) in [6.45, 7) is 4.02. The van der Waals surface area contributed by atoms with Gasteiger partial charge in [-0.15, -0.1) is 0 Å². The first-order valence-corrected chi connectivity index (χ1v) is 5.93. The van der Waals surface area contributed by atoms with Crippen molar-refractivity contribution in [2.24, 2.45) is 0 Å². The fraction of sp³-hybridized carbons (Fsp3) is 0.308. The largest absolute Gasteiger partial charge is 0.344 e. The Hall–Kier alpha value is -2.17. The van der Waals surface area contributed by atoms with E-state index >= 15 is 0 Å². The number of hydrogen-bond acceptors (Lipinski definition) is 3. The van der Waals surface area contributed by atoms with Gasteiger partial charge < -0.3 is 5.32 Å². The van der Waals surface area contributed by atoms with E-state index in [0.717, 1.165) is 17.7 Å². The molecule has 0 spiro atoms. The van der Waals surface area contributed by atoms with E-state index in [1.807, 2.05) is 26.0 Å². The molecule has 0 aliphatic heterocycles. The molecule has 2 N–H and O–H groups in total. The van der Waals surface area contributed by atoms with E-state index < -0.39 is 0 Å².